The Balaban J connectivity index is 1.95. The minimum absolute atomic E-state index is 0.117. The van der Waals surface area contributed by atoms with Gasteiger partial charge in [-0.05, 0) is 24.6 Å². The number of nitrogens with zero attached hydrogens (tertiary/aromatic N) is 3. The fourth-order valence-corrected chi connectivity index (χ4v) is 3.69. The Kier molecular flexibility index (Phi) is 3.82. The maximum Gasteiger partial charge on any atom is 0.276 e. The van der Waals surface area contributed by atoms with Crippen molar-refractivity contribution in [1.82, 2.24) is 14.6 Å². The van der Waals surface area contributed by atoms with Crippen LogP contribution < -0.4 is 14.8 Å². The first-order valence-corrected chi connectivity index (χ1v) is 8.59. The summed E-state index contributed by atoms with van der Waals surface area (Å²) in [5, 5.41) is 8.40. The summed E-state index contributed by atoms with van der Waals surface area (Å²) in [6.07, 6.45) is 1.84. The van der Waals surface area contributed by atoms with Gasteiger partial charge in [0.05, 0.1) is 11.6 Å². The van der Waals surface area contributed by atoms with Crippen molar-refractivity contribution in [2.75, 3.05) is 7.11 Å². The van der Waals surface area contributed by atoms with E-state index >= 15 is 0 Å². The zero-order valence-corrected chi connectivity index (χ0v) is 14.6. The van der Waals surface area contributed by atoms with Gasteiger partial charge in [-0.15, -0.1) is 10.2 Å². The maximum atomic E-state index is 12.9. The number of fused-ring (bicyclic) bond motifs is 1. The zero-order chi connectivity index (χ0) is 17.4. The van der Waals surface area contributed by atoms with Crippen LogP contribution in [-0.2, 0) is 0 Å². The molecule has 0 spiro atoms. The number of ether oxygens (including phenoxy) is 1. The van der Waals surface area contributed by atoms with Crippen LogP contribution in [0.3, 0.4) is 0 Å². The van der Waals surface area contributed by atoms with Crippen molar-refractivity contribution in [2.45, 2.75) is 6.92 Å². The van der Waals surface area contributed by atoms with Crippen molar-refractivity contribution in [3.8, 4) is 17.1 Å². The number of aromatic nitrogens is 3. The monoisotopic (exact) mass is 349 g/mol. The van der Waals surface area contributed by atoms with Gasteiger partial charge >= 0.3 is 0 Å². The second-order valence-electron chi connectivity index (χ2n) is 5.61. The Bertz CT molecular complexity index is 1180. The number of para-hydroxylation sites is 1. The molecule has 6 heteroatoms. The topological polar surface area (TPSA) is 56.5 Å². The van der Waals surface area contributed by atoms with E-state index in [9.17, 15) is 4.79 Å². The fourth-order valence-electron chi connectivity index (χ4n) is 2.79. The molecule has 0 atom stereocenters. The average Bonchev–Trinajstić information content (AvgIpc) is 3.17. The summed E-state index contributed by atoms with van der Waals surface area (Å²) in [7, 11) is 1.62. The molecule has 5 nitrogen and oxygen atoms in total. The highest BCUT2D eigenvalue weighted by molar-refractivity contribution is 7.15. The van der Waals surface area contributed by atoms with Crippen LogP contribution in [0.25, 0.3) is 22.4 Å². The van der Waals surface area contributed by atoms with Crippen molar-refractivity contribution in [2.24, 2.45) is 0 Å². The molecule has 0 radical (unpaired) electrons. The molecular weight excluding hydrogens is 334 g/mol. The second-order valence-corrected chi connectivity index (χ2v) is 6.62. The van der Waals surface area contributed by atoms with E-state index in [0.717, 1.165) is 22.4 Å². The Morgan fingerprint density at radius 2 is 1.84 bits per heavy atom. The predicted molar refractivity (Wildman–Crippen MR) is 99.1 cm³/mol. The van der Waals surface area contributed by atoms with Crippen molar-refractivity contribution >= 4 is 22.4 Å². The molecule has 2 heterocycles. The minimum atomic E-state index is -0.117. The van der Waals surface area contributed by atoms with E-state index in [1.807, 2.05) is 61.5 Å². The molecule has 0 saturated carbocycles. The van der Waals surface area contributed by atoms with Crippen molar-refractivity contribution < 1.29 is 4.74 Å². The van der Waals surface area contributed by atoms with E-state index in [1.54, 1.807) is 11.5 Å². The van der Waals surface area contributed by atoms with E-state index < -0.39 is 0 Å². The molecule has 0 unspecified atom stereocenters. The predicted octanol–water partition coefficient (Wildman–Crippen LogP) is 2.68. The first-order valence-electron chi connectivity index (χ1n) is 7.77. The number of methoxy groups -OCH3 is 1. The molecule has 25 heavy (non-hydrogen) atoms. The summed E-state index contributed by atoms with van der Waals surface area (Å²) in [6.45, 7) is 2.00. The van der Waals surface area contributed by atoms with E-state index in [4.69, 9.17) is 4.74 Å². The summed E-state index contributed by atoms with van der Waals surface area (Å²) >= 11 is 1.33. The number of hydrogen-bond donors (Lipinski definition) is 0. The average molecular weight is 349 g/mol. The quantitative estimate of drug-likeness (QED) is 0.571. The molecule has 4 rings (SSSR count). The molecule has 0 amide bonds. The van der Waals surface area contributed by atoms with Crippen LogP contribution in [0.5, 0.6) is 5.75 Å². The standard InChI is InChI=1S/C19H15N3O2S/c1-12-7-3-5-9-14(12)17-20-21-19-22(17)18(23)16(25-19)11-13-8-4-6-10-15(13)24-2/h3-11H,1-2H3/b16-11-. The van der Waals surface area contributed by atoms with E-state index in [2.05, 4.69) is 10.2 Å². The van der Waals surface area contributed by atoms with Gasteiger partial charge in [-0.2, -0.15) is 0 Å². The van der Waals surface area contributed by atoms with Gasteiger partial charge in [-0.3, -0.25) is 4.79 Å². The lowest BCUT2D eigenvalue weighted by atomic mass is 10.1. The summed E-state index contributed by atoms with van der Waals surface area (Å²) in [5.41, 5.74) is 2.71. The smallest absolute Gasteiger partial charge is 0.276 e. The molecule has 2 aromatic carbocycles. The van der Waals surface area contributed by atoms with Gasteiger partial charge < -0.3 is 4.74 Å². The molecule has 0 aliphatic heterocycles. The third-order valence-electron chi connectivity index (χ3n) is 4.06. The molecule has 0 bridgehead atoms. The number of thiazole rings is 1. The maximum absolute atomic E-state index is 12.9. The van der Waals surface area contributed by atoms with Gasteiger partial charge in [0, 0.05) is 11.1 Å². The Hall–Kier alpha value is -2.99. The van der Waals surface area contributed by atoms with Crippen molar-refractivity contribution in [3.05, 3.63) is 74.5 Å². The minimum Gasteiger partial charge on any atom is -0.496 e. The lowest BCUT2D eigenvalue weighted by molar-refractivity contribution is 0.414. The number of benzene rings is 2. The largest absolute Gasteiger partial charge is 0.496 e. The zero-order valence-electron chi connectivity index (χ0n) is 13.8. The molecule has 4 aromatic rings. The van der Waals surface area contributed by atoms with E-state index in [-0.39, 0.29) is 5.56 Å². The Morgan fingerprint density at radius 1 is 1.08 bits per heavy atom. The van der Waals surface area contributed by atoms with Crippen molar-refractivity contribution in [1.29, 1.82) is 0 Å². The van der Waals surface area contributed by atoms with E-state index in [0.29, 0.717) is 15.3 Å². The van der Waals surface area contributed by atoms with Gasteiger partial charge in [0.1, 0.15) is 5.75 Å². The van der Waals surface area contributed by atoms with Crippen LogP contribution in [-0.4, -0.2) is 21.7 Å². The Morgan fingerprint density at radius 3 is 2.64 bits per heavy atom. The number of rotatable bonds is 3. The first kappa shape index (κ1) is 15.5. The summed E-state index contributed by atoms with van der Waals surface area (Å²) in [5.74, 6) is 1.30. The SMILES string of the molecule is COc1ccccc1/C=c1\sc2nnc(-c3ccccc3C)n2c1=O. The normalized spacial score (nSPS) is 12.0. The van der Waals surface area contributed by atoms with Gasteiger partial charge in [-0.25, -0.2) is 4.40 Å². The molecule has 0 fully saturated rings. The van der Waals surface area contributed by atoms with Crippen LogP contribution in [0.4, 0.5) is 0 Å². The van der Waals surface area contributed by atoms with Crippen LogP contribution in [0.2, 0.25) is 0 Å². The second kappa shape index (κ2) is 6.14. The molecule has 0 aliphatic carbocycles. The molecule has 2 aromatic heterocycles. The summed E-state index contributed by atoms with van der Waals surface area (Å²) < 4.78 is 7.54. The van der Waals surface area contributed by atoms with Crippen LogP contribution in [0, 0.1) is 6.92 Å². The van der Waals surface area contributed by atoms with E-state index in [1.165, 1.54) is 11.3 Å². The lowest BCUT2D eigenvalue weighted by Crippen LogP contribution is -2.23. The van der Waals surface area contributed by atoms with Crippen LogP contribution >= 0.6 is 11.3 Å². The summed E-state index contributed by atoms with van der Waals surface area (Å²) in [4.78, 5) is 13.5. The third-order valence-corrected chi connectivity index (χ3v) is 5.02. The van der Waals surface area contributed by atoms with Gasteiger partial charge in [0.15, 0.2) is 5.82 Å². The fraction of sp³-hybridized carbons (Fsp3) is 0.105. The molecule has 0 saturated heterocycles. The summed E-state index contributed by atoms with van der Waals surface area (Å²) in [6, 6.07) is 15.4. The molecule has 0 N–H and O–H groups in total. The number of aryl methyl sites for hydroxylation is 1. The van der Waals surface area contributed by atoms with Crippen LogP contribution in [0.1, 0.15) is 11.1 Å². The lowest BCUT2D eigenvalue weighted by Gasteiger charge is -2.02. The highest BCUT2D eigenvalue weighted by Gasteiger charge is 2.15. The van der Waals surface area contributed by atoms with Crippen molar-refractivity contribution in [3.63, 3.8) is 0 Å². The number of hydrogen-bond acceptors (Lipinski definition) is 5. The van der Waals surface area contributed by atoms with Gasteiger partial charge in [0.25, 0.3) is 5.56 Å². The third kappa shape index (κ3) is 2.60. The Labute approximate surface area is 147 Å². The van der Waals surface area contributed by atoms with Crippen LogP contribution in [0.15, 0.2) is 53.3 Å². The molecule has 0 aliphatic rings. The first-order chi connectivity index (χ1) is 12.2. The highest BCUT2D eigenvalue weighted by atomic mass is 32.1. The van der Waals surface area contributed by atoms with Gasteiger partial charge in [-0.1, -0.05) is 53.8 Å². The molecular formula is C19H15N3O2S. The van der Waals surface area contributed by atoms with Gasteiger partial charge in [0.2, 0.25) is 4.96 Å². The molecule has 124 valence electrons. The highest BCUT2D eigenvalue weighted by Crippen LogP contribution is 2.22.